The van der Waals surface area contributed by atoms with E-state index in [1.54, 1.807) is 6.07 Å². The maximum absolute atomic E-state index is 12.1. The van der Waals surface area contributed by atoms with E-state index in [2.05, 4.69) is 10.1 Å². The van der Waals surface area contributed by atoms with Gasteiger partial charge in [0.15, 0.2) is 6.61 Å². The predicted molar refractivity (Wildman–Crippen MR) is 79.3 cm³/mol. The maximum atomic E-state index is 12.1. The SMILES string of the molecule is Cl.NC1(C(=O)Nc2cccc(OCC(F)(F)F)c2)CCCC1. The van der Waals surface area contributed by atoms with Crippen LogP contribution in [0.2, 0.25) is 0 Å². The topological polar surface area (TPSA) is 64.4 Å². The van der Waals surface area contributed by atoms with Crippen molar-refractivity contribution in [3.63, 3.8) is 0 Å². The second-order valence-corrected chi connectivity index (χ2v) is 5.25. The highest BCUT2D eigenvalue weighted by molar-refractivity contribution is 5.98. The van der Waals surface area contributed by atoms with Crippen LogP contribution in [0.4, 0.5) is 18.9 Å². The summed E-state index contributed by atoms with van der Waals surface area (Å²) in [5, 5.41) is 2.64. The van der Waals surface area contributed by atoms with Crippen LogP contribution < -0.4 is 15.8 Å². The fourth-order valence-corrected chi connectivity index (χ4v) is 2.32. The highest BCUT2D eigenvalue weighted by Gasteiger charge is 2.37. The van der Waals surface area contributed by atoms with E-state index >= 15 is 0 Å². The highest BCUT2D eigenvalue weighted by atomic mass is 35.5. The Morgan fingerprint density at radius 2 is 1.95 bits per heavy atom. The molecule has 0 heterocycles. The smallest absolute Gasteiger partial charge is 0.422 e. The van der Waals surface area contributed by atoms with Gasteiger partial charge in [-0.25, -0.2) is 0 Å². The minimum Gasteiger partial charge on any atom is -0.484 e. The zero-order chi connectivity index (χ0) is 15.5. The van der Waals surface area contributed by atoms with Crippen molar-refractivity contribution in [2.24, 2.45) is 5.73 Å². The molecule has 0 spiro atoms. The molecular weight excluding hydrogens is 321 g/mol. The molecule has 1 aliphatic carbocycles. The van der Waals surface area contributed by atoms with Gasteiger partial charge in [0.25, 0.3) is 0 Å². The zero-order valence-corrected chi connectivity index (χ0v) is 12.6. The number of hydrogen-bond donors (Lipinski definition) is 2. The van der Waals surface area contributed by atoms with Crippen molar-refractivity contribution in [1.82, 2.24) is 0 Å². The van der Waals surface area contributed by atoms with Gasteiger partial charge in [0.2, 0.25) is 5.91 Å². The summed E-state index contributed by atoms with van der Waals surface area (Å²) in [6, 6.07) is 5.84. The van der Waals surface area contributed by atoms with Crippen LogP contribution >= 0.6 is 12.4 Å². The summed E-state index contributed by atoms with van der Waals surface area (Å²) in [6.45, 7) is -1.37. The first-order valence-corrected chi connectivity index (χ1v) is 6.68. The van der Waals surface area contributed by atoms with Crippen LogP contribution in [0.3, 0.4) is 0 Å². The summed E-state index contributed by atoms with van der Waals surface area (Å²) in [5.41, 5.74) is 5.50. The van der Waals surface area contributed by atoms with Gasteiger partial charge in [0, 0.05) is 11.8 Å². The second kappa shape index (κ2) is 7.19. The number of benzene rings is 1. The minimum absolute atomic E-state index is 0. The van der Waals surface area contributed by atoms with Gasteiger partial charge >= 0.3 is 6.18 Å². The molecule has 1 saturated carbocycles. The van der Waals surface area contributed by atoms with E-state index < -0.39 is 18.3 Å². The molecule has 1 amide bonds. The number of halogens is 4. The molecule has 0 bridgehead atoms. The number of anilines is 1. The number of rotatable bonds is 4. The van der Waals surface area contributed by atoms with E-state index in [4.69, 9.17) is 5.73 Å². The molecule has 1 aliphatic rings. The molecule has 2 rings (SSSR count). The van der Waals surface area contributed by atoms with Crippen molar-refractivity contribution in [2.75, 3.05) is 11.9 Å². The first-order valence-electron chi connectivity index (χ1n) is 6.68. The summed E-state index contributed by atoms with van der Waals surface area (Å²) in [6.07, 6.45) is -1.37. The Balaban J connectivity index is 0.00000242. The van der Waals surface area contributed by atoms with Crippen molar-refractivity contribution in [3.8, 4) is 5.75 Å². The Morgan fingerprint density at radius 1 is 1.32 bits per heavy atom. The van der Waals surface area contributed by atoms with Crippen LogP contribution in [-0.2, 0) is 4.79 Å². The number of nitrogens with one attached hydrogen (secondary N) is 1. The Kier molecular flexibility index (Phi) is 6.08. The van der Waals surface area contributed by atoms with Gasteiger partial charge in [-0.1, -0.05) is 18.9 Å². The number of carbonyl (C=O) groups is 1. The molecule has 0 saturated heterocycles. The fraction of sp³-hybridized carbons (Fsp3) is 0.500. The molecule has 3 N–H and O–H groups in total. The molecule has 0 aliphatic heterocycles. The predicted octanol–water partition coefficient (Wildman–Crippen LogP) is 3.26. The van der Waals surface area contributed by atoms with Gasteiger partial charge in [-0.2, -0.15) is 13.2 Å². The first-order chi connectivity index (χ1) is 9.78. The lowest BCUT2D eigenvalue weighted by Crippen LogP contribution is -2.48. The summed E-state index contributed by atoms with van der Waals surface area (Å²) in [7, 11) is 0. The largest absolute Gasteiger partial charge is 0.484 e. The minimum atomic E-state index is -4.40. The van der Waals surface area contributed by atoms with Gasteiger partial charge in [-0.3, -0.25) is 4.79 Å². The highest BCUT2D eigenvalue weighted by Crippen LogP contribution is 2.29. The Hall–Kier alpha value is -1.47. The number of alkyl halides is 3. The third-order valence-corrected chi connectivity index (χ3v) is 3.44. The molecule has 8 heteroatoms. The van der Waals surface area contributed by atoms with Crippen LogP contribution in [-0.4, -0.2) is 24.2 Å². The third kappa shape index (κ3) is 5.06. The Morgan fingerprint density at radius 3 is 2.55 bits per heavy atom. The van der Waals surface area contributed by atoms with Crippen molar-refractivity contribution in [3.05, 3.63) is 24.3 Å². The maximum Gasteiger partial charge on any atom is 0.422 e. The molecule has 124 valence electrons. The Bertz CT molecular complexity index is 517. The lowest BCUT2D eigenvalue weighted by molar-refractivity contribution is -0.153. The van der Waals surface area contributed by atoms with Crippen molar-refractivity contribution in [2.45, 2.75) is 37.4 Å². The quantitative estimate of drug-likeness (QED) is 0.885. The second-order valence-electron chi connectivity index (χ2n) is 5.25. The van der Waals surface area contributed by atoms with E-state index in [-0.39, 0.29) is 24.1 Å². The summed E-state index contributed by atoms with van der Waals surface area (Å²) < 4.78 is 40.9. The molecule has 1 aromatic carbocycles. The molecule has 4 nitrogen and oxygen atoms in total. The van der Waals surface area contributed by atoms with Crippen LogP contribution in [0, 0.1) is 0 Å². The van der Waals surface area contributed by atoms with Gasteiger partial charge in [-0.05, 0) is 25.0 Å². The average molecular weight is 339 g/mol. The van der Waals surface area contributed by atoms with Crippen molar-refractivity contribution in [1.29, 1.82) is 0 Å². The standard InChI is InChI=1S/C14H17F3N2O2.ClH/c15-14(16,17)9-21-11-5-3-4-10(8-11)19-12(20)13(18)6-1-2-7-13;/h3-5,8H,1-2,6-7,9,18H2,(H,19,20);1H. The van der Waals surface area contributed by atoms with Gasteiger partial charge in [-0.15, -0.1) is 12.4 Å². The third-order valence-electron chi connectivity index (χ3n) is 3.44. The van der Waals surface area contributed by atoms with Crippen LogP contribution in [0.15, 0.2) is 24.3 Å². The number of carbonyl (C=O) groups excluding carboxylic acids is 1. The van der Waals surface area contributed by atoms with Crippen LogP contribution in [0.5, 0.6) is 5.75 Å². The van der Waals surface area contributed by atoms with Crippen LogP contribution in [0.1, 0.15) is 25.7 Å². The summed E-state index contributed by atoms with van der Waals surface area (Å²) in [5.74, 6) is -0.268. The lowest BCUT2D eigenvalue weighted by Gasteiger charge is -2.22. The fourth-order valence-electron chi connectivity index (χ4n) is 2.32. The molecule has 0 radical (unpaired) electrons. The van der Waals surface area contributed by atoms with E-state index in [9.17, 15) is 18.0 Å². The molecule has 22 heavy (non-hydrogen) atoms. The Labute approximate surface area is 132 Å². The first kappa shape index (κ1) is 18.6. The molecule has 1 fully saturated rings. The monoisotopic (exact) mass is 338 g/mol. The molecular formula is C14H18ClF3N2O2. The van der Waals surface area contributed by atoms with Crippen molar-refractivity contribution >= 4 is 24.0 Å². The van der Waals surface area contributed by atoms with E-state index in [1.165, 1.54) is 18.2 Å². The van der Waals surface area contributed by atoms with Crippen LogP contribution in [0.25, 0.3) is 0 Å². The molecule has 1 aromatic rings. The van der Waals surface area contributed by atoms with Gasteiger partial charge in [0.1, 0.15) is 5.75 Å². The molecule has 0 unspecified atom stereocenters. The van der Waals surface area contributed by atoms with Gasteiger partial charge < -0.3 is 15.8 Å². The van der Waals surface area contributed by atoms with E-state index in [0.29, 0.717) is 18.5 Å². The van der Waals surface area contributed by atoms with E-state index in [1.807, 2.05) is 0 Å². The van der Waals surface area contributed by atoms with Crippen molar-refractivity contribution < 1.29 is 22.7 Å². The normalized spacial score (nSPS) is 16.7. The van der Waals surface area contributed by atoms with E-state index in [0.717, 1.165) is 12.8 Å². The summed E-state index contributed by atoms with van der Waals surface area (Å²) in [4.78, 5) is 12.1. The average Bonchev–Trinajstić information content (AvgIpc) is 2.84. The lowest BCUT2D eigenvalue weighted by atomic mass is 9.98. The number of nitrogens with two attached hydrogens (primary N) is 1. The number of hydrogen-bond acceptors (Lipinski definition) is 3. The number of amides is 1. The molecule has 0 atom stereocenters. The van der Waals surface area contributed by atoms with Gasteiger partial charge in [0.05, 0.1) is 5.54 Å². The molecule has 0 aromatic heterocycles. The zero-order valence-electron chi connectivity index (χ0n) is 11.8. The summed E-state index contributed by atoms with van der Waals surface area (Å²) >= 11 is 0. The number of ether oxygens (including phenoxy) is 1.